The van der Waals surface area contributed by atoms with Crippen LogP contribution in [0.5, 0.6) is 0 Å². The summed E-state index contributed by atoms with van der Waals surface area (Å²) in [7, 11) is 0. The van der Waals surface area contributed by atoms with E-state index in [1.54, 1.807) is 11.0 Å². The van der Waals surface area contributed by atoms with E-state index in [-0.39, 0.29) is 36.7 Å². The summed E-state index contributed by atoms with van der Waals surface area (Å²) < 4.78 is 22.7. The Balaban J connectivity index is 0.00000150. The fraction of sp³-hybridized carbons (Fsp3) is 0.300. The minimum atomic E-state index is -0.562. The summed E-state index contributed by atoms with van der Waals surface area (Å²) in [6.07, 6.45) is 0.211. The van der Waals surface area contributed by atoms with Crippen LogP contribution in [0.15, 0.2) is 42.5 Å². The third kappa shape index (κ3) is 4.23. The minimum Gasteiger partial charge on any atom is -0.370 e. The molecule has 0 saturated carbocycles. The van der Waals surface area contributed by atoms with Gasteiger partial charge in [-0.15, -0.1) is 24.8 Å². The Morgan fingerprint density at radius 3 is 2.62 bits per heavy atom. The van der Waals surface area contributed by atoms with Crippen LogP contribution in [-0.2, 0) is 9.53 Å². The molecule has 1 amide bonds. The molecule has 1 fully saturated rings. The predicted octanol–water partition coefficient (Wildman–Crippen LogP) is 3.56. The molecule has 6 nitrogen and oxygen atoms in total. The Labute approximate surface area is 180 Å². The number of morpholine rings is 1. The lowest BCUT2D eigenvalue weighted by Gasteiger charge is -2.31. The van der Waals surface area contributed by atoms with Gasteiger partial charge in [0.1, 0.15) is 17.7 Å². The average Bonchev–Trinajstić information content (AvgIpc) is 3.08. The minimum absolute atomic E-state index is 0. The summed E-state index contributed by atoms with van der Waals surface area (Å²) in [6, 6.07) is 12.3. The smallest absolute Gasteiger partial charge is 0.209 e. The van der Waals surface area contributed by atoms with E-state index in [1.807, 2.05) is 41.8 Å². The second kappa shape index (κ2) is 9.54. The van der Waals surface area contributed by atoms with Gasteiger partial charge < -0.3 is 15.4 Å². The molecule has 2 N–H and O–H groups in total. The summed E-state index contributed by atoms with van der Waals surface area (Å²) in [4.78, 5) is 17.5. The topological polar surface area (TPSA) is 73.4 Å². The fourth-order valence-corrected chi connectivity index (χ4v) is 3.57. The number of nitrogens with zero attached hydrogens (tertiary/aromatic N) is 3. The van der Waals surface area contributed by atoms with E-state index >= 15 is 0 Å². The van der Waals surface area contributed by atoms with Gasteiger partial charge in [0.2, 0.25) is 6.41 Å². The number of aromatic nitrogens is 2. The van der Waals surface area contributed by atoms with Crippen molar-refractivity contribution < 1.29 is 13.9 Å². The number of benzene rings is 2. The molecule has 0 aliphatic carbocycles. The highest BCUT2D eigenvalue weighted by molar-refractivity contribution is 5.85. The van der Waals surface area contributed by atoms with Crippen LogP contribution in [-0.4, -0.2) is 40.6 Å². The largest absolute Gasteiger partial charge is 0.370 e. The molecule has 9 heteroatoms. The van der Waals surface area contributed by atoms with Gasteiger partial charge in [0.25, 0.3) is 0 Å². The van der Waals surface area contributed by atoms with Gasteiger partial charge in [-0.1, -0.05) is 18.2 Å². The van der Waals surface area contributed by atoms with Crippen molar-refractivity contribution in [1.29, 1.82) is 0 Å². The lowest BCUT2D eigenvalue weighted by molar-refractivity contribution is -0.125. The second-order valence-electron chi connectivity index (χ2n) is 6.72. The SMILES string of the molecule is C[C@H](N)c1nc2ccc(F)c(C3CN(C=O)CCO3)c2n1-c1ccccc1.Cl.Cl. The van der Waals surface area contributed by atoms with Crippen molar-refractivity contribution in [1.82, 2.24) is 14.5 Å². The highest BCUT2D eigenvalue weighted by atomic mass is 35.5. The molecule has 2 atom stereocenters. The number of halogens is 3. The quantitative estimate of drug-likeness (QED) is 0.629. The predicted molar refractivity (Wildman–Crippen MR) is 114 cm³/mol. The molecule has 1 aliphatic heterocycles. The van der Waals surface area contributed by atoms with Gasteiger partial charge in [0, 0.05) is 17.8 Å². The van der Waals surface area contributed by atoms with E-state index in [4.69, 9.17) is 10.5 Å². The highest BCUT2D eigenvalue weighted by Crippen LogP contribution is 2.34. The van der Waals surface area contributed by atoms with Crippen molar-refractivity contribution in [3.63, 3.8) is 0 Å². The molecule has 0 spiro atoms. The first kappa shape index (κ1) is 23.1. The van der Waals surface area contributed by atoms with E-state index in [0.29, 0.717) is 42.1 Å². The molecule has 2 heterocycles. The Hall–Kier alpha value is -2.19. The maximum Gasteiger partial charge on any atom is 0.209 e. The molecule has 0 bridgehead atoms. The summed E-state index contributed by atoms with van der Waals surface area (Å²) in [6.45, 7) is 3.01. The second-order valence-corrected chi connectivity index (χ2v) is 6.72. The van der Waals surface area contributed by atoms with Crippen LogP contribution >= 0.6 is 24.8 Å². The summed E-state index contributed by atoms with van der Waals surface area (Å²) in [5.74, 6) is 0.264. The molecule has 2 aromatic carbocycles. The van der Waals surface area contributed by atoms with Crippen LogP contribution in [0, 0.1) is 5.82 Å². The van der Waals surface area contributed by atoms with Crippen molar-refractivity contribution in [2.75, 3.05) is 19.7 Å². The molecule has 3 aromatic rings. The van der Waals surface area contributed by atoms with Crippen molar-refractivity contribution in [2.24, 2.45) is 5.73 Å². The Kier molecular flexibility index (Phi) is 7.60. The van der Waals surface area contributed by atoms with Crippen LogP contribution in [0.2, 0.25) is 0 Å². The monoisotopic (exact) mass is 440 g/mol. The van der Waals surface area contributed by atoms with Crippen molar-refractivity contribution >= 4 is 42.3 Å². The van der Waals surface area contributed by atoms with E-state index in [9.17, 15) is 9.18 Å². The van der Waals surface area contributed by atoms with Gasteiger partial charge in [-0.2, -0.15) is 0 Å². The van der Waals surface area contributed by atoms with Crippen LogP contribution in [0.25, 0.3) is 16.7 Å². The van der Waals surface area contributed by atoms with Gasteiger partial charge in [0.05, 0.1) is 30.2 Å². The Morgan fingerprint density at radius 2 is 1.97 bits per heavy atom. The first-order chi connectivity index (χ1) is 13.1. The first-order valence-corrected chi connectivity index (χ1v) is 8.93. The lowest BCUT2D eigenvalue weighted by atomic mass is 10.0. The summed E-state index contributed by atoms with van der Waals surface area (Å²) >= 11 is 0. The zero-order valence-corrected chi connectivity index (χ0v) is 17.5. The molecular formula is C20H23Cl2FN4O2. The molecule has 0 radical (unpaired) electrons. The van der Waals surface area contributed by atoms with Gasteiger partial charge in [-0.25, -0.2) is 9.37 Å². The zero-order valence-electron chi connectivity index (χ0n) is 15.8. The molecule has 1 saturated heterocycles. The van der Waals surface area contributed by atoms with Crippen LogP contribution < -0.4 is 5.73 Å². The maximum atomic E-state index is 15.0. The fourth-order valence-electron chi connectivity index (χ4n) is 3.57. The number of carbonyl (C=O) groups is 1. The summed E-state index contributed by atoms with van der Waals surface area (Å²) in [5.41, 5.74) is 8.70. The number of imidazole rings is 1. The number of carbonyl (C=O) groups excluding carboxylic acids is 1. The standard InChI is InChI=1S/C20H21FN4O2.2ClH/c1-13(22)20-23-16-8-7-15(21)18(17-11-24(12-26)9-10-27-17)19(16)25(20)14-5-3-2-4-6-14;;/h2-8,12-13,17H,9-11,22H2,1H3;2*1H/t13-,17?;;/m0../s1. The Morgan fingerprint density at radius 1 is 1.24 bits per heavy atom. The number of ether oxygens (including phenoxy) is 1. The number of rotatable bonds is 4. The first-order valence-electron chi connectivity index (χ1n) is 8.93. The normalized spacial score (nSPS) is 17.3. The summed E-state index contributed by atoms with van der Waals surface area (Å²) in [5, 5.41) is 0. The van der Waals surface area contributed by atoms with E-state index < -0.39 is 6.10 Å². The van der Waals surface area contributed by atoms with E-state index in [0.717, 1.165) is 12.1 Å². The van der Waals surface area contributed by atoms with Crippen molar-refractivity contribution in [2.45, 2.75) is 19.1 Å². The number of para-hydroxylation sites is 1. The molecule has 1 unspecified atom stereocenters. The Bertz CT molecular complexity index is 982. The molecule has 4 rings (SSSR count). The molecule has 156 valence electrons. The van der Waals surface area contributed by atoms with Crippen LogP contribution in [0.1, 0.15) is 30.5 Å². The molecule has 1 aromatic heterocycles. The lowest BCUT2D eigenvalue weighted by Crippen LogP contribution is -2.37. The maximum absolute atomic E-state index is 15.0. The van der Waals surface area contributed by atoms with Gasteiger partial charge >= 0.3 is 0 Å². The number of amides is 1. The zero-order chi connectivity index (χ0) is 19.0. The average molecular weight is 441 g/mol. The number of nitrogens with two attached hydrogens (primary N) is 1. The van der Waals surface area contributed by atoms with E-state index in [1.165, 1.54) is 6.07 Å². The van der Waals surface area contributed by atoms with Gasteiger partial charge in [-0.05, 0) is 31.2 Å². The number of fused-ring (bicyclic) bond motifs is 1. The van der Waals surface area contributed by atoms with Gasteiger partial charge in [0.15, 0.2) is 0 Å². The molecule has 1 aliphatic rings. The van der Waals surface area contributed by atoms with Gasteiger partial charge in [-0.3, -0.25) is 9.36 Å². The third-order valence-electron chi connectivity index (χ3n) is 4.82. The van der Waals surface area contributed by atoms with E-state index in [2.05, 4.69) is 4.98 Å². The highest BCUT2D eigenvalue weighted by Gasteiger charge is 2.29. The molecule has 29 heavy (non-hydrogen) atoms. The molecular weight excluding hydrogens is 418 g/mol. The number of hydrogen-bond acceptors (Lipinski definition) is 4. The number of hydrogen-bond donors (Lipinski definition) is 1. The van der Waals surface area contributed by atoms with Crippen LogP contribution in [0.4, 0.5) is 4.39 Å². The van der Waals surface area contributed by atoms with Crippen molar-refractivity contribution in [3.05, 3.63) is 59.7 Å². The third-order valence-corrected chi connectivity index (χ3v) is 4.82. The van der Waals surface area contributed by atoms with Crippen molar-refractivity contribution in [3.8, 4) is 5.69 Å². The van der Waals surface area contributed by atoms with Crippen LogP contribution in [0.3, 0.4) is 0 Å².